The van der Waals surface area contributed by atoms with Crippen molar-refractivity contribution in [2.45, 2.75) is 32.1 Å². The number of hydrogen-bond acceptors (Lipinski definition) is 1. The molecule has 1 unspecified atom stereocenters. The van der Waals surface area contributed by atoms with E-state index < -0.39 is 0 Å². The summed E-state index contributed by atoms with van der Waals surface area (Å²) in [6, 6.07) is 12.6. The first-order valence-corrected chi connectivity index (χ1v) is 8.22. The molecule has 2 aliphatic rings. The summed E-state index contributed by atoms with van der Waals surface area (Å²) in [7, 11) is 0. The minimum Gasteiger partial charge on any atom is -0.299 e. The summed E-state index contributed by atoms with van der Waals surface area (Å²) >= 11 is 0. The molecule has 2 aliphatic carbocycles. The Morgan fingerprint density at radius 1 is 1.13 bits per heavy atom. The van der Waals surface area contributed by atoms with Gasteiger partial charge in [-0.15, -0.1) is 0 Å². The smallest absolute Gasteiger partial charge is 0.137 e. The molecule has 1 radical (unpaired) electrons. The predicted molar refractivity (Wildman–Crippen MR) is 90.9 cm³/mol. The summed E-state index contributed by atoms with van der Waals surface area (Å²) in [5, 5.41) is 14.0. The van der Waals surface area contributed by atoms with Gasteiger partial charge in [-0.3, -0.25) is 4.79 Å². The fourth-order valence-corrected chi connectivity index (χ4v) is 4.11. The fraction of sp³-hybridized carbons (Fsp3) is 0.286. The SMILES string of the molecule is CC(=O)C1CCC(C[O])=c2c1ccc1c2=CCc2ccccc2-1. The first kappa shape index (κ1) is 14.4. The molecule has 0 saturated heterocycles. The van der Waals surface area contributed by atoms with Gasteiger partial charge in [0.2, 0.25) is 0 Å². The van der Waals surface area contributed by atoms with Gasteiger partial charge in [0.15, 0.2) is 0 Å². The molecule has 0 saturated carbocycles. The van der Waals surface area contributed by atoms with Crippen LogP contribution in [0.3, 0.4) is 0 Å². The van der Waals surface area contributed by atoms with E-state index in [2.05, 4.69) is 42.5 Å². The molecule has 0 amide bonds. The molecule has 2 heteroatoms. The number of carbonyl (C=O) groups is 1. The normalized spacial score (nSPS) is 18.5. The Morgan fingerprint density at radius 2 is 1.96 bits per heavy atom. The van der Waals surface area contributed by atoms with E-state index in [0.29, 0.717) is 0 Å². The Bertz CT molecular complexity index is 921. The highest BCUT2D eigenvalue weighted by Crippen LogP contribution is 2.29. The molecule has 23 heavy (non-hydrogen) atoms. The topological polar surface area (TPSA) is 37.0 Å². The molecule has 0 spiro atoms. The van der Waals surface area contributed by atoms with E-state index in [1.165, 1.54) is 16.7 Å². The molecule has 2 aromatic carbocycles. The molecular formula is C21H19O2. The minimum absolute atomic E-state index is 0.0591. The van der Waals surface area contributed by atoms with Crippen LogP contribution in [0.1, 0.15) is 36.8 Å². The van der Waals surface area contributed by atoms with Crippen molar-refractivity contribution in [3.8, 4) is 11.1 Å². The maximum Gasteiger partial charge on any atom is 0.137 e. The average Bonchev–Trinajstić information content (AvgIpc) is 2.59. The van der Waals surface area contributed by atoms with Crippen LogP contribution in [0.25, 0.3) is 22.8 Å². The van der Waals surface area contributed by atoms with E-state index >= 15 is 0 Å². The van der Waals surface area contributed by atoms with E-state index in [1.54, 1.807) is 6.92 Å². The Morgan fingerprint density at radius 3 is 2.74 bits per heavy atom. The molecular weight excluding hydrogens is 284 g/mol. The van der Waals surface area contributed by atoms with Gasteiger partial charge in [-0.2, -0.15) is 0 Å². The lowest BCUT2D eigenvalue weighted by molar-refractivity contribution is -0.118. The number of carbonyl (C=O) groups excluding carboxylic acids is 1. The Hall–Kier alpha value is -2.19. The molecule has 4 rings (SSSR count). The number of benzene rings is 2. The second-order valence-electron chi connectivity index (χ2n) is 6.51. The van der Waals surface area contributed by atoms with Crippen LogP contribution >= 0.6 is 0 Å². The van der Waals surface area contributed by atoms with Crippen molar-refractivity contribution in [3.05, 3.63) is 58.0 Å². The third kappa shape index (κ3) is 2.17. The summed E-state index contributed by atoms with van der Waals surface area (Å²) in [5.74, 6) is 0.142. The maximum atomic E-state index is 12.0. The number of fused-ring (bicyclic) bond motifs is 5. The summed E-state index contributed by atoms with van der Waals surface area (Å²) < 4.78 is 0. The predicted octanol–water partition coefficient (Wildman–Crippen LogP) is 2.74. The lowest BCUT2D eigenvalue weighted by Gasteiger charge is -2.25. The van der Waals surface area contributed by atoms with E-state index in [-0.39, 0.29) is 18.3 Å². The number of rotatable bonds is 2. The third-order valence-electron chi connectivity index (χ3n) is 5.24. The third-order valence-corrected chi connectivity index (χ3v) is 5.24. The quantitative estimate of drug-likeness (QED) is 0.840. The molecule has 115 valence electrons. The lowest BCUT2D eigenvalue weighted by atomic mass is 9.79. The molecule has 2 aromatic rings. The van der Waals surface area contributed by atoms with Crippen molar-refractivity contribution in [1.29, 1.82) is 0 Å². The second kappa shape index (κ2) is 5.47. The molecule has 0 N–H and O–H groups in total. The van der Waals surface area contributed by atoms with Gasteiger partial charge in [0, 0.05) is 5.92 Å². The molecule has 0 bridgehead atoms. The van der Waals surface area contributed by atoms with E-state index in [4.69, 9.17) is 0 Å². The van der Waals surface area contributed by atoms with Crippen LogP contribution in [0.4, 0.5) is 0 Å². The van der Waals surface area contributed by atoms with Crippen LogP contribution < -0.4 is 10.4 Å². The van der Waals surface area contributed by atoms with Gasteiger partial charge in [0.25, 0.3) is 0 Å². The first-order valence-electron chi connectivity index (χ1n) is 8.22. The molecule has 1 atom stereocenters. The highest BCUT2D eigenvalue weighted by Gasteiger charge is 2.25. The van der Waals surface area contributed by atoms with E-state index in [9.17, 15) is 9.90 Å². The zero-order valence-corrected chi connectivity index (χ0v) is 13.3. The zero-order chi connectivity index (χ0) is 16.0. The minimum atomic E-state index is -0.177. The van der Waals surface area contributed by atoms with Crippen LogP contribution in [0, 0.1) is 0 Å². The monoisotopic (exact) mass is 303 g/mol. The van der Waals surface area contributed by atoms with Gasteiger partial charge in [0.1, 0.15) is 12.4 Å². The van der Waals surface area contributed by atoms with E-state index in [1.807, 2.05) is 0 Å². The standard InChI is InChI=1S/C21H19O2/c1-13(23)16-8-7-15(12-22)21-19(16)11-10-18-17-5-3-2-4-14(17)6-9-20(18)21/h2-5,9-11,16H,6-8,12H2,1H3. The first-order chi connectivity index (χ1) is 11.2. The molecule has 0 heterocycles. The van der Waals surface area contributed by atoms with Gasteiger partial charge in [0.05, 0.1) is 0 Å². The van der Waals surface area contributed by atoms with Crippen LogP contribution in [-0.2, 0) is 16.3 Å². The van der Waals surface area contributed by atoms with Crippen molar-refractivity contribution in [2.24, 2.45) is 0 Å². The number of ketones is 1. The fourth-order valence-electron chi connectivity index (χ4n) is 4.11. The largest absolute Gasteiger partial charge is 0.299 e. The van der Waals surface area contributed by atoms with Crippen molar-refractivity contribution in [1.82, 2.24) is 0 Å². The molecule has 2 nitrogen and oxygen atoms in total. The number of hydrogen-bond donors (Lipinski definition) is 0. The van der Waals surface area contributed by atoms with Crippen molar-refractivity contribution < 1.29 is 9.90 Å². The van der Waals surface area contributed by atoms with Crippen LogP contribution in [0.5, 0.6) is 0 Å². The van der Waals surface area contributed by atoms with E-state index in [0.717, 1.165) is 40.8 Å². The molecule has 0 aromatic heterocycles. The average molecular weight is 303 g/mol. The van der Waals surface area contributed by atoms with Crippen LogP contribution in [0.2, 0.25) is 0 Å². The summed E-state index contributed by atoms with van der Waals surface area (Å²) in [6.07, 6.45) is 4.63. The van der Waals surface area contributed by atoms with Crippen LogP contribution in [0.15, 0.2) is 36.4 Å². The van der Waals surface area contributed by atoms with Crippen molar-refractivity contribution >= 4 is 17.4 Å². The highest BCUT2D eigenvalue weighted by molar-refractivity contribution is 5.85. The Labute approximate surface area is 135 Å². The van der Waals surface area contributed by atoms with Gasteiger partial charge < -0.3 is 0 Å². The summed E-state index contributed by atoms with van der Waals surface area (Å²) in [5.41, 5.74) is 5.79. The van der Waals surface area contributed by atoms with Gasteiger partial charge in [-0.25, -0.2) is 5.11 Å². The maximum absolute atomic E-state index is 12.0. The lowest BCUT2D eigenvalue weighted by Crippen LogP contribution is -2.39. The van der Waals surface area contributed by atoms with Crippen molar-refractivity contribution in [2.75, 3.05) is 6.61 Å². The molecule has 0 fully saturated rings. The Balaban J connectivity index is 2.08. The van der Waals surface area contributed by atoms with Gasteiger partial charge in [-0.1, -0.05) is 42.5 Å². The summed E-state index contributed by atoms with van der Waals surface area (Å²) in [4.78, 5) is 12.0. The highest BCUT2D eigenvalue weighted by atomic mass is 16.3. The van der Waals surface area contributed by atoms with Crippen LogP contribution in [-0.4, -0.2) is 12.4 Å². The Kier molecular flexibility index (Phi) is 3.42. The van der Waals surface area contributed by atoms with Gasteiger partial charge in [-0.05, 0) is 64.5 Å². The number of Topliss-reactive ketones (excluding diaryl/α,β-unsaturated/α-hetero) is 1. The second-order valence-corrected chi connectivity index (χ2v) is 6.51. The zero-order valence-electron chi connectivity index (χ0n) is 13.3. The molecule has 0 aliphatic heterocycles. The van der Waals surface area contributed by atoms with Gasteiger partial charge >= 0.3 is 0 Å². The van der Waals surface area contributed by atoms with Crippen molar-refractivity contribution in [3.63, 3.8) is 0 Å². The summed E-state index contributed by atoms with van der Waals surface area (Å²) in [6.45, 7) is 1.48.